The molecule has 2 heterocycles. The lowest BCUT2D eigenvalue weighted by molar-refractivity contribution is -0.137. The van der Waals surface area contributed by atoms with Crippen molar-refractivity contribution in [2.75, 3.05) is 24.7 Å². The summed E-state index contributed by atoms with van der Waals surface area (Å²) in [4.78, 5) is 10.5. The molecule has 3 aliphatic rings. The van der Waals surface area contributed by atoms with Crippen LogP contribution in [-0.2, 0) is 14.3 Å². The van der Waals surface area contributed by atoms with Crippen molar-refractivity contribution >= 4 is 17.7 Å². The molecule has 1 N–H and O–H groups in total. The zero-order valence-electron chi connectivity index (χ0n) is 15.4. The Kier molecular flexibility index (Phi) is 7.93. The van der Waals surface area contributed by atoms with Crippen molar-refractivity contribution < 1.29 is 19.4 Å². The predicted octanol–water partition coefficient (Wildman–Crippen LogP) is 4.37. The Balaban J connectivity index is 1.31. The third kappa shape index (κ3) is 5.86. The van der Waals surface area contributed by atoms with Gasteiger partial charge in [-0.3, -0.25) is 4.79 Å². The van der Waals surface area contributed by atoms with Crippen LogP contribution >= 0.6 is 11.8 Å². The summed E-state index contributed by atoms with van der Waals surface area (Å²) in [5.41, 5.74) is 0. The van der Waals surface area contributed by atoms with Gasteiger partial charge in [0.25, 0.3) is 0 Å². The minimum Gasteiger partial charge on any atom is -0.481 e. The standard InChI is InChI=1S/C20H34O4S/c21-20(22)6-3-11-23-12-9-16-17(19-8-7-18(16)24-19)10-13-25-14-15-4-1-2-5-15/h15-19H,1-14H2,(H,21,22)/t16-,17+,18-,19+/m0/s1. The number of hydrogen-bond acceptors (Lipinski definition) is 4. The Labute approximate surface area is 156 Å². The molecule has 2 aliphatic heterocycles. The normalized spacial score (nSPS) is 31.8. The molecule has 0 aromatic carbocycles. The van der Waals surface area contributed by atoms with Crippen LogP contribution in [0.25, 0.3) is 0 Å². The number of ether oxygens (including phenoxy) is 2. The van der Waals surface area contributed by atoms with Gasteiger partial charge in [-0.2, -0.15) is 11.8 Å². The maximum atomic E-state index is 10.5. The van der Waals surface area contributed by atoms with Gasteiger partial charge < -0.3 is 14.6 Å². The predicted molar refractivity (Wildman–Crippen MR) is 101 cm³/mol. The first-order chi connectivity index (χ1) is 12.2. The summed E-state index contributed by atoms with van der Waals surface area (Å²) in [5, 5.41) is 8.65. The van der Waals surface area contributed by atoms with Crippen LogP contribution in [0.2, 0.25) is 0 Å². The molecule has 5 heteroatoms. The average Bonchev–Trinajstić information content (AvgIpc) is 3.32. The van der Waals surface area contributed by atoms with Crippen LogP contribution in [0.3, 0.4) is 0 Å². The van der Waals surface area contributed by atoms with Crippen molar-refractivity contribution in [3.05, 3.63) is 0 Å². The van der Waals surface area contributed by atoms with Gasteiger partial charge in [0.15, 0.2) is 0 Å². The third-order valence-electron chi connectivity index (χ3n) is 6.29. The lowest BCUT2D eigenvalue weighted by atomic mass is 9.76. The SMILES string of the molecule is O=C(O)CCCOCC[C@H]1[C@@H](CCSCC2CCCC2)[C@H]2CC[C@@H]1O2. The van der Waals surface area contributed by atoms with Gasteiger partial charge in [0.05, 0.1) is 12.2 Å². The minimum atomic E-state index is -0.736. The van der Waals surface area contributed by atoms with Crippen LogP contribution in [0.5, 0.6) is 0 Å². The third-order valence-corrected chi connectivity index (χ3v) is 7.52. The Morgan fingerprint density at radius 1 is 1.04 bits per heavy atom. The number of fused-ring (bicyclic) bond motifs is 2. The second-order valence-corrected chi connectivity index (χ2v) is 9.18. The molecule has 1 aliphatic carbocycles. The molecule has 1 saturated carbocycles. The lowest BCUT2D eigenvalue weighted by Crippen LogP contribution is -2.29. The van der Waals surface area contributed by atoms with Crippen LogP contribution in [0.1, 0.15) is 64.2 Å². The largest absolute Gasteiger partial charge is 0.481 e. The first kappa shape index (κ1) is 19.5. The van der Waals surface area contributed by atoms with E-state index in [9.17, 15) is 4.79 Å². The van der Waals surface area contributed by atoms with E-state index < -0.39 is 5.97 Å². The molecule has 144 valence electrons. The van der Waals surface area contributed by atoms with E-state index in [1.165, 1.54) is 56.5 Å². The second-order valence-electron chi connectivity index (χ2n) is 8.03. The summed E-state index contributed by atoms with van der Waals surface area (Å²) >= 11 is 2.16. The molecule has 0 aromatic rings. The molecule has 0 spiro atoms. The van der Waals surface area contributed by atoms with Crippen molar-refractivity contribution in [2.24, 2.45) is 17.8 Å². The molecular weight excluding hydrogens is 336 g/mol. The number of rotatable bonds is 12. The van der Waals surface area contributed by atoms with Gasteiger partial charge >= 0.3 is 5.97 Å². The fraction of sp³-hybridized carbons (Fsp3) is 0.950. The van der Waals surface area contributed by atoms with Gasteiger partial charge in [0.1, 0.15) is 0 Å². The lowest BCUT2D eigenvalue weighted by Gasteiger charge is -2.28. The number of hydrogen-bond donors (Lipinski definition) is 1. The average molecular weight is 371 g/mol. The zero-order valence-corrected chi connectivity index (χ0v) is 16.2. The molecule has 0 aromatic heterocycles. The fourth-order valence-corrected chi connectivity index (χ4v) is 6.24. The van der Waals surface area contributed by atoms with Crippen LogP contribution in [-0.4, -0.2) is 48.0 Å². The fourth-order valence-electron chi connectivity index (χ4n) is 4.96. The molecule has 2 bridgehead atoms. The number of carbonyl (C=O) groups is 1. The zero-order chi connectivity index (χ0) is 17.5. The monoisotopic (exact) mass is 370 g/mol. The smallest absolute Gasteiger partial charge is 0.303 e. The number of thioether (sulfide) groups is 1. The first-order valence-corrected chi connectivity index (χ1v) is 11.4. The van der Waals surface area contributed by atoms with E-state index in [-0.39, 0.29) is 6.42 Å². The van der Waals surface area contributed by atoms with Gasteiger partial charge in [-0.15, -0.1) is 0 Å². The highest BCUT2D eigenvalue weighted by Crippen LogP contribution is 2.47. The quantitative estimate of drug-likeness (QED) is 0.517. The summed E-state index contributed by atoms with van der Waals surface area (Å²) in [6.45, 7) is 1.32. The maximum Gasteiger partial charge on any atom is 0.303 e. The summed E-state index contributed by atoms with van der Waals surface area (Å²) in [6, 6.07) is 0. The topological polar surface area (TPSA) is 55.8 Å². The van der Waals surface area contributed by atoms with Crippen LogP contribution in [0.4, 0.5) is 0 Å². The summed E-state index contributed by atoms with van der Waals surface area (Å²) in [5.74, 6) is 4.27. The molecular formula is C20H34O4S. The first-order valence-electron chi connectivity index (χ1n) is 10.3. The molecule has 0 amide bonds. The van der Waals surface area contributed by atoms with E-state index in [0.29, 0.717) is 31.2 Å². The van der Waals surface area contributed by atoms with Gasteiger partial charge in [-0.1, -0.05) is 12.8 Å². The second kappa shape index (κ2) is 10.2. The van der Waals surface area contributed by atoms with Gasteiger partial charge in [-0.25, -0.2) is 0 Å². The van der Waals surface area contributed by atoms with Crippen molar-refractivity contribution in [3.8, 4) is 0 Å². The van der Waals surface area contributed by atoms with Crippen LogP contribution in [0.15, 0.2) is 0 Å². The molecule has 3 rings (SSSR count). The van der Waals surface area contributed by atoms with Crippen molar-refractivity contribution in [1.82, 2.24) is 0 Å². The number of carboxylic acid groups (broad SMARTS) is 1. The molecule has 3 fully saturated rings. The van der Waals surface area contributed by atoms with E-state index in [1.54, 1.807) is 0 Å². The Hall–Kier alpha value is -0.260. The van der Waals surface area contributed by atoms with Crippen molar-refractivity contribution in [2.45, 2.75) is 76.4 Å². The van der Waals surface area contributed by atoms with Gasteiger partial charge in [0.2, 0.25) is 0 Å². The summed E-state index contributed by atoms with van der Waals surface area (Å²) in [7, 11) is 0. The van der Waals surface area contributed by atoms with E-state index in [4.69, 9.17) is 14.6 Å². The highest BCUT2D eigenvalue weighted by Gasteiger charge is 2.47. The molecule has 25 heavy (non-hydrogen) atoms. The summed E-state index contributed by atoms with van der Waals surface area (Å²) < 4.78 is 11.9. The van der Waals surface area contributed by atoms with E-state index in [1.807, 2.05) is 0 Å². The minimum absolute atomic E-state index is 0.206. The molecule has 4 nitrogen and oxygen atoms in total. The van der Waals surface area contributed by atoms with Crippen LogP contribution < -0.4 is 0 Å². The molecule has 4 atom stereocenters. The highest BCUT2D eigenvalue weighted by atomic mass is 32.2. The Bertz CT molecular complexity index is 411. The maximum absolute atomic E-state index is 10.5. The number of carboxylic acids is 1. The summed E-state index contributed by atoms with van der Waals surface area (Å²) in [6.07, 6.45) is 12.4. The van der Waals surface area contributed by atoms with Gasteiger partial charge in [-0.05, 0) is 74.2 Å². The Morgan fingerprint density at radius 3 is 2.48 bits per heavy atom. The molecule has 2 saturated heterocycles. The van der Waals surface area contributed by atoms with Crippen molar-refractivity contribution in [3.63, 3.8) is 0 Å². The Morgan fingerprint density at radius 2 is 1.76 bits per heavy atom. The number of aliphatic carboxylic acids is 1. The molecule has 0 radical (unpaired) electrons. The molecule has 0 unspecified atom stereocenters. The van der Waals surface area contributed by atoms with Crippen molar-refractivity contribution in [1.29, 1.82) is 0 Å². The van der Waals surface area contributed by atoms with E-state index in [0.717, 1.165) is 24.9 Å². The van der Waals surface area contributed by atoms with E-state index in [2.05, 4.69) is 11.8 Å². The van der Waals surface area contributed by atoms with E-state index >= 15 is 0 Å². The van der Waals surface area contributed by atoms with Gasteiger partial charge in [0, 0.05) is 19.6 Å². The van der Waals surface area contributed by atoms with Crippen LogP contribution in [0, 0.1) is 17.8 Å². The highest BCUT2D eigenvalue weighted by molar-refractivity contribution is 7.99.